The van der Waals surface area contributed by atoms with Crippen molar-refractivity contribution in [3.05, 3.63) is 42.5 Å². The lowest BCUT2D eigenvalue weighted by Crippen LogP contribution is -2.50. The number of urea groups is 1. The van der Waals surface area contributed by atoms with E-state index in [1.54, 1.807) is 0 Å². The molecule has 0 spiro atoms. The molecule has 2 amide bonds. The number of amides is 2. The lowest BCUT2D eigenvalue weighted by atomic mass is 10.1. The Bertz CT molecular complexity index is 754. The van der Waals surface area contributed by atoms with Gasteiger partial charge in [-0.15, -0.1) is 0 Å². The number of nitrogens with zero attached hydrogens (tertiary/aromatic N) is 3. The van der Waals surface area contributed by atoms with E-state index in [0.717, 1.165) is 56.8 Å². The zero-order chi connectivity index (χ0) is 17.2. The fourth-order valence-corrected chi connectivity index (χ4v) is 3.88. The van der Waals surface area contributed by atoms with E-state index in [-0.39, 0.29) is 6.03 Å². The second-order valence-electron chi connectivity index (χ2n) is 7.22. The van der Waals surface area contributed by atoms with Gasteiger partial charge in [-0.1, -0.05) is 30.3 Å². The predicted molar refractivity (Wildman–Crippen MR) is 102 cm³/mol. The van der Waals surface area contributed by atoms with Crippen LogP contribution in [0.1, 0.15) is 6.42 Å². The van der Waals surface area contributed by atoms with Crippen LogP contribution < -0.4 is 5.32 Å². The normalized spacial score (nSPS) is 22.4. The lowest BCUT2D eigenvalue weighted by molar-refractivity contribution is 0.115. The topological polar surface area (TPSA) is 38.8 Å². The van der Waals surface area contributed by atoms with Gasteiger partial charge in [0.1, 0.15) is 0 Å². The second kappa shape index (κ2) is 7.02. The minimum atomic E-state index is 0.0203. The molecule has 2 aliphatic rings. The number of nitrogens with one attached hydrogen (secondary N) is 1. The minimum Gasteiger partial charge on any atom is -0.323 e. The third-order valence-electron chi connectivity index (χ3n) is 5.51. The van der Waals surface area contributed by atoms with E-state index in [1.165, 1.54) is 5.39 Å². The van der Waals surface area contributed by atoms with Gasteiger partial charge < -0.3 is 15.1 Å². The summed E-state index contributed by atoms with van der Waals surface area (Å²) in [6.07, 6.45) is 1.08. The first-order chi connectivity index (χ1) is 12.2. The first-order valence-corrected chi connectivity index (χ1v) is 9.16. The van der Waals surface area contributed by atoms with Crippen LogP contribution in [0, 0.1) is 0 Å². The smallest absolute Gasteiger partial charge is 0.321 e. The molecule has 25 heavy (non-hydrogen) atoms. The number of carbonyl (C=O) groups is 1. The number of anilines is 1. The van der Waals surface area contributed by atoms with E-state index < -0.39 is 0 Å². The number of fused-ring (bicyclic) bond motifs is 1. The zero-order valence-electron chi connectivity index (χ0n) is 14.8. The fraction of sp³-hybridized carbons (Fsp3) is 0.450. The molecule has 0 saturated carbocycles. The third kappa shape index (κ3) is 3.62. The van der Waals surface area contributed by atoms with Crippen molar-refractivity contribution in [2.75, 3.05) is 51.6 Å². The van der Waals surface area contributed by atoms with Crippen molar-refractivity contribution in [2.24, 2.45) is 0 Å². The maximum absolute atomic E-state index is 12.6. The van der Waals surface area contributed by atoms with E-state index in [4.69, 9.17) is 0 Å². The van der Waals surface area contributed by atoms with Crippen molar-refractivity contribution in [2.45, 2.75) is 12.5 Å². The molecular formula is C20H26N4O. The maximum Gasteiger partial charge on any atom is 0.321 e. The van der Waals surface area contributed by atoms with Crippen LogP contribution >= 0.6 is 0 Å². The van der Waals surface area contributed by atoms with Crippen LogP contribution in [0.3, 0.4) is 0 Å². The largest absolute Gasteiger partial charge is 0.323 e. The van der Waals surface area contributed by atoms with Gasteiger partial charge in [-0.25, -0.2) is 4.79 Å². The van der Waals surface area contributed by atoms with Gasteiger partial charge in [-0.3, -0.25) is 4.90 Å². The van der Waals surface area contributed by atoms with E-state index >= 15 is 0 Å². The summed E-state index contributed by atoms with van der Waals surface area (Å²) >= 11 is 0. The summed E-state index contributed by atoms with van der Waals surface area (Å²) in [5.41, 5.74) is 0.867. The van der Waals surface area contributed by atoms with Crippen molar-refractivity contribution >= 4 is 22.5 Å². The van der Waals surface area contributed by atoms with E-state index in [1.807, 2.05) is 29.2 Å². The first kappa shape index (κ1) is 16.4. The van der Waals surface area contributed by atoms with E-state index in [2.05, 4.69) is 40.4 Å². The van der Waals surface area contributed by atoms with Gasteiger partial charge in [-0.05, 0) is 36.4 Å². The highest BCUT2D eigenvalue weighted by molar-refractivity contribution is 5.93. The molecule has 2 saturated heterocycles. The summed E-state index contributed by atoms with van der Waals surface area (Å²) in [7, 11) is 2.18. The molecule has 1 unspecified atom stereocenters. The number of benzene rings is 2. The van der Waals surface area contributed by atoms with Crippen LogP contribution in [-0.4, -0.2) is 73.1 Å². The van der Waals surface area contributed by atoms with E-state index in [0.29, 0.717) is 6.04 Å². The Balaban J connectivity index is 1.36. The van der Waals surface area contributed by atoms with Gasteiger partial charge in [0, 0.05) is 51.0 Å². The Labute approximate surface area is 149 Å². The molecule has 0 aromatic heterocycles. The van der Waals surface area contributed by atoms with Crippen LogP contribution in [0.4, 0.5) is 10.5 Å². The Hall–Kier alpha value is -2.11. The average Bonchev–Trinajstić information content (AvgIpc) is 3.12. The van der Waals surface area contributed by atoms with Gasteiger partial charge in [0.2, 0.25) is 0 Å². The average molecular weight is 338 g/mol. The molecule has 2 aromatic carbocycles. The van der Waals surface area contributed by atoms with Crippen molar-refractivity contribution in [1.29, 1.82) is 0 Å². The zero-order valence-corrected chi connectivity index (χ0v) is 14.8. The van der Waals surface area contributed by atoms with Crippen LogP contribution in [0.15, 0.2) is 42.5 Å². The molecule has 2 aromatic rings. The van der Waals surface area contributed by atoms with Gasteiger partial charge in [-0.2, -0.15) is 0 Å². The highest BCUT2D eigenvalue weighted by Gasteiger charge is 2.31. The molecule has 0 aliphatic carbocycles. The van der Waals surface area contributed by atoms with Crippen molar-refractivity contribution in [3.8, 4) is 0 Å². The van der Waals surface area contributed by atoms with Gasteiger partial charge >= 0.3 is 6.03 Å². The molecule has 4 rings (SSSR count). The molecule has 5 heteroatoms. The number of hydrogen-bond acceptors (Lipinski definition) is 3. The monoisotopic (exact) mass is 338 g/mol. The molecular weight excluding hydrogens is 312 g/mol. The Morgan fingerprint density at radius 3 is 2.56 bits per heavy atom. The highest BCUT2D eigenvalue weighted by atomic mass is 16.2. The van der Waals surface area contributed by atoms with Crippen LogP contribution in [-0.2, 0) is 0 Å². The predicted octanol–water partition coefficient (Wildman–Crippen LogP) is 2.69. The van der Waals surface area contributed by atoms with Gasteiger partial charge in [0.25, 0.3) is 0 Å². The molecule has 0 radical (unpaired) electrons. The third-order valence-corrected chi connectivity index (χ3v) is 5.51. The standard InChI is InChI=1S/C20H26N4O/c1-22-10-12-23(13-11-22)19-8-9-24(15-19)20(25)21-18-7-6-16-4-2-3-5-17(16)14-18/h2-7,14,19H,8-13,15H2,1H3,(H,21,25). The van der Waals surface area contributed by atoms with Crippen LogP contribution in [0.5, 0.6) is 0 Å². The molecule has 2 aliphatic heterocycles. The molecule has 0 bridgehead atoms. The number of likely N-dealkylation sites (N-methyl/N-ethyl adjacent to an activating group) is 1. The quantitative estimate of drug-likeness (QED) is 0.915. The van der Waals surface area contributed by atoms with Gasteiger partial charge in [0.05, 0.1) is 0 Å². The summed E-state index contributed by atoms with van der Waals surface area (Å²) in [4.78, 5) is 19.5. The summed E-state index contributed by atoms with van der Waals surface area (Å²) in [6, 6.07) is 14.8. The lowest BCUT2D eigenvalue weighted by Gasteiger charge is -2.36. The summed E-state index contributed by atoms with van der Waals surface area (Å²) < 4.78 is 0. The van der Waals surface area contributed by atoms with Crippen LogP contribution in [0.25, 0.3) is 10.8 Å². The Kier molecular flexibility index (Phi) is 4.59. The highest BCUT2D eigenvalue weighted by Crippen LogP contribution is 2.21. The Morgan fingerprint density at radius 1 is 1.00 bits per heavy atom. The summed E-state index contributed by atoms with van der Waals surface area (Å²) in [6.45, 7) is 6.15. The first-order valence-electron chi connectivity index (χ1n) is 9.16. The minimum absolute atomic E-state index is 0.0203. The van der Waals surface area contributed by atoms with Crippen molar-refractivity contribution < 1.29 is 4.79 Å². The SMILES string of the molecule is CN1CCN(C2CCN(C(=O)Nc3ccc4ccccc4c3)C2)CC1. The molecule has 2 heterocycles. The molecule has 5 nitrogen and oxygen atoms in total. The Morgan fingerprint density at radius 2 is 1.76 bits per heavy atom. The maximum atomic E-state index is 12.6. The number of rotatable bonds is 2. The number of hydrogen-bond donors (Lipinski definition) is 1. The number of likely N-dealkylation sites (tertiary alicyclic amines) is 1. The number of piperazine rings is 1. The molecule has 1 atom stereocenters. The summed E-state index contributed by atoms with van der Waals surface area (Å²) in [5.74, 6) is 0. The molecule has 132 valence electrons. The fourth-order valence-electron chi connectivity index (χ4n) is 3.88. The molecule has 1 N–H and O–H groups in total. The summed E-state index contributed by atoms with van der Waals surface area (Å²) in [5, 5.41) is 5.41. The van der Waals surface area contributed by atoms with E-state index in [9.17, 15) is 4.79 Å². The second-order valence-corrected chi connectivity index (χ2v) is 7.22. The van der Waals surface area contributed by atoms with Crippen molar-refractivity contribution in [3.63, 3.8) is 0 Å². The molecule has 2 fully saturated rings. The van der Waals surface area contributed by atoms with Crippen molar-refractivity contribution in [1.82, 2.24) is 14.7 Å². The number of carbonyl (C=O) groups excluding carboxylic acids is 1. The van der Waals surface area contributed by atoms with Gasteiger partial charge in [0.15, 0.2) is 0 Å². The van der Waals surface area contributed by atoms with Crippen LogP contribution in [0.2, 0.25) is 0 Å².